The molecule has 23 heteroatoms. The van der Waals surface area contributed by atoms with Gasteiger partial charge < -0.3 is 63.9 Å². The molecule has 3 N–H and O–H groups in total. The zero-order chi connectivity index (χ0) is 104. The minimum absolute atomic E-state index is 0. The first-order valence-electron chi connectivity index (χ1n) is 48.7. The molecule has 2 saturated heterocycles. The van der Waals surface area contributed by atoms with Gasteiger partial charge in [-0.15, -0.1) is 0 Å². The maximum atomic E-state index is 12.2. The summed E-state index contributed by atoms with van der Waals surface area (Å²) in [5, 5.41) is 25.6. The van der Waals surface area contributed by atoms with Crippen molar-refractivity contribution in [2.45, 2.75) is 116 Å². The molecule has 26 rings (SSSR count). The van der Waals surface area contributed by atoms with E-state index in [1.807, 2.05) is 176 Å². The molecule has 5 aromatic heterocycles. The van der Waals surface area contributed by atoms with Crippen LogP contribution in [0.4, 0.5) is 5.69 Å². The van der Waals surface area contributed by atoms with Crippen molar-refractivity contribution in [1.82, 2.24) is 0 Å². The molecule has 7 heterocycles. The number of benzene rings is 17. The first kappa shape index (κ1) is 108. The van der Waals surface area contributed by atoms with Crippen molar-refractivity contribution in [1.29, 1.82) is 0 Å². The van der Waals surface area contributed by atoms with Gasteiger partial charge in [0.25, 0.3) is 0 Å². The van der Waals surface area contributed by atoms with Crippen LogP contribution in [0.15, 0.2) is 366 Å². The van der Waals surface area contributed by atoms with Crippen LogP contribution in [0.1, 0.15) is 142 Å². The van der Waals surface area contributed by atoms with Crippen LogP contribution in [0.2, 0.25) is 30.1 Å². The Kier molecular flexibility index (Phi) is 32.5. The fourth-order valence-corrected chi connectivity index (χ4v) is 21.5. The number of carbonyl (C=O) groups is 2. The van der Waals surface area contributed by atoms with Gasteiger partial charge in [0.05, 0.1) is 52.9 Å². The molecule has 22 aromatic rings. The SMILES string of the molecule is C1CCOC1.CC(C)(O)c1cc(Cl)ccc1-c1cccc2oc3ccccc3c12.CC1(C)OB(c2cccc3oc4ccccc4c23)OC1(C)C.CC1(C)c2cc(Cc3ccccc3Cl)ccc2-c2c1ccc1oc3ccccc3c21.CC1(C)c2cc(Cl)ccc2-c2c1ccc1oc3ccccc3c21.COC(=O)c1cc(Cl)ccc1-c1cccc2oc3ccccc3c12.COC(=O)c1cc(Cl)ccc1Br.Nc1ccccc1Cl.[CH3-].[Li+]. The zero-order valence-electron chi connectivity index (χ0n) is 85.5. The van der Waals surface area contributed by atoms with Gasteiger partial charge in [-0.05, 0) is 299 Å². The summed E-state index contributed by atoms with van der Waals surface area (Å²) < 4.78 is 57.6. The van der Waals surface area contributed by atoms with E-state index in [1.54, 1.807) is 56.3 Å². The summed E-state index contributed by atoms with van der Waals surface area (Å²) in [5.41, 5.74) is 32.4. The fraction of sp³-hybridized carbons (Fsp3) is 0.173. The number of rotatable bonds is 8. The molecule has 14 nitrogen and oxygen atoms in total. The molecule has 2 aliphatic carbocycles. The molecule has 2 fully saturated rings. The monoisotopic (exact) mass is 2160 g/mol. The van der Waals surface area contributed by atoms with Gasteiger partial charge in [0.15, 0.2) is 0 Å². The number of halogens is 7. The van der Waals surface area contributed by atoms with Crippen molar-refractivity contribution in [2.24, 2.45) is 0 Å². The molecule has 752 valence electrons. The van der Waals surface area contributed by atoms with E-state index in [0.29, 0.717) is 41.4 Å². The molecule has 17 aromatic carbocycles. The van der Waals surface area contributed by atoms with Crippen molar-refractivity contribution in [2.75, 3.05) is 33.2 Å². The van der Waals surface area contributed by atoms with E-state index in [0.717, 1.165) is 157 Å². The Hall–Kier alpha value is -12.8. The summed E-state index contributed by atoms with van der Waals surface area (Å²) in [7, 11) is 2.31. The molecule has 0 saturated carbocycles. The second-order valence-corrected chi connectivity index (χ2v) is 42.8. The van der Waals surface area contributed by atoms with E-state index in [9.17, 15) is 14.7 Å². The van der Waals surface area contributed by atoms with E-state index in [-0.39, 0.29) is 55.4 Å². The summed E-state index contributed by atoms with van der Waals surface area (Å²) in [6, 6.07) is 111. The number of para-hydroxylation sites is 6. The number of anilines is 1. The summed E-state index contributed by atoms with van der Waals surface area (Å²) in [5.74, 6) is -0.818. The topological polar surface area (TPSA) is 192 Å². The zero-order valence-corrected chi connectivity index (χ0v) is 91.6. The van der Waals surface area contributed by atoms with Crippen LogP contribution in [0.3, 0.4) is 0 Å². The van der Waals surface area contributed by atoms with Crippen LogP contribution in [0.25, 0.3) is 154 Å². The van der Waals surface area contributed by atoms with Crippen LogP contribution in [0, 0.1) is 7.43 Å². The van der Waals surface area contributed by atoms with Crippen LogP contribution in [-0.2, 0) is 46.4 Å². The minimum Gasteiger partial charge on any atom is -0.465 e. The predicted molar refractivity (Wildman–Crippen MR) is 619 cm³/mol. The molecule has 0 amide bonds. The molecule has 150 heavy (non-hydrogen) atoms. The Morgan fingerprint density at radius 2 is 0.740 bits per heavy atom. The molecular formula is C127H108BBrCl6LiNO13. The third kappa shape index (κ3) is 21.7. The number of carbonyl (C=O) groups excluding carboxylic acids is 2. The van der Waals surface area contributed by atoms with Crippen molar-refractivity contribution >= 4 is 225 Å². The first-order valence-corrected chi connectivity index (χ1v) is 51.8. The van der Waals surface area contributed by atoms with Gasteiger partial charge in [-0.1, -0.05) is 304 Å². The van der Waals surface area contributed by atoms with E-state index >= 15 is 0 Å². The smallest absolute Gasteiger partial charge is 0.465 e. The van der Waals surface area contributed by atoms with E-state index in [2.05, 4.69) is 197 Å². The van der Waals surface area contributed by atoms with Gasteiger partial charge in [-0.3, -0.25) is 0 Å². The van der Waals surface area contributed by atoms with Crippen molar-refractivity contribution in [3.8, 4) is 44.5 Å². The molecule has 0 unspecified atom stereocenters. The van der Waals surface area contributed by atoms with Gasteiger partial charge in [0.2, 0.25) is 0 Å². The van der Waals surface area contributed by atoms with E-state index < -0.39 is 17.5 Å². The number of hydrogen-bond donors (Lipinski definition) is 2. The van der Waals surface area contributed by atoms with Crippen LogP contribution in [-0.4, -0.2) is 62.8 Å². The Labute approximate surface area is 922 Å². The predicted octanol–water partition coefficient (Wildman–Crippen LogP) is 33.5. The number of nitrogen functional groups attached to an aromatic ring is 1. The standard InChI is InChI=1S/C28H21ClO.C21H17ClO2.C21H15ClO.C20H13ClO3.C18H19BO3.C8H6BrClO2.C6H6ClN.C4H8O.CH3.Li/c1-28(2)21-13-14-25-27(20-8-4-6-10-24(20)30-25)26(21)19-12-11-17(16-22(19)28)15-18-7-3-5-9-23(18)29;1-21(2,23)17-12-13(22)10-11-14(17)15-7-5-9-19-20(15)16-6-3-4-8-18(16)24-19;1-21(2)15-9-10-18-20(14-5-3-4-6-17(14)23-18)19(15)13-8-7-12(22)11-16(13)21;1-23-20(22)16-11-12(21)9-10-13(16)14-6-4-8-18-19(14)15-5-2-3-7-17(15)24-18;1-17(2)18(3,4)22-19(21-17)13-9-7-11-15-16(13)12-8-5-6-10-14(12)20-15;1-12-8(11)6-4-5(10)2-3-7(6)9;7-5-3-1-2-4-6(5)8;1-2-4-5-3-1;;/h3-14,16H,15H2,1-2H3;3-12,23H,1-2H3;3-11H,1-2H3;2-11H,1H3;5-11H,1-4H3;2-4H,1H3;1-4H,8H2;1-4H2;1H3;/q;;;;;;;;-1;+1. The quantitative estimate of drug-likeness (QED) is 0.0632. The molecule has 4 aliphatic rings. The summed E-state index contributed by atoms with van der Waals surface area (Å²) in [6.07, 6.45) is 3.39. The number of furan rings is 5. The minimum atomic E-state index is -0.998. The Morgan fingerprint density at radius 3 is 1.19 bits per heavy atom. The maximum Gasteiger partial charge on any atom is 1.00 e. The fourth-order valence-electron chi connectivity index (χ4n) is 20.1. The molecular weight excluding hydrogens is 2060 g/mol. The Balaban J connectivity index is 0.000000120. The van der Waals surface area contributed by atoms with Crippen molar-refractivity contribution < 1.29 is 79.2 Å². The van der Waals surface area contributed by atoms with Gasteiger partial charge in [-0.25, -0.2) is 9.59 Å². The van der Waals surface area contributed by atoms with Crippen molar-refractivity contribution in [3.05, 3.63) is 432 Å². The number of nitrogens with two attached hydrogens (primary N) is 1. The van der Waals surface area contributed by atoms with Crippen LogP contribution in [0.5, 0.6) is 0 Å². The van der Waals surface area contributed by atoms with Crippen molar-refractivity contribution in [3.63, 3.8) is 0 Å². The van der Waals surface area contributed by atoms with Gasteiger partial charge >= 0.3 is 37.9 Å². The van der Waals surface area contributed by atoms with Gasteiger partial charge in [0.1, 0.15) is 55.8 Å². The summed E-state index contributed by atoms with van der Waals surface area (Å²) >= 11 is 39.4. The number of fused-ring (bicyclic) bond motifs is 23. The second-order valence-electron chi connectivity index (χ2n) is 39.4. The second kappa shape index (κ2) is 45.0. The molecule has 2 aliphatic heterocycles. The van der Waals surface area contributed by atoms with Gasteiger partial charge in [-0.2, -0.15) is 0 Å². The molecule has 0 spiro atoms. The normalized spacial score (nSPS) is 13.9. The van der Waals surface area contributed by atoms with Gasteiger partial charge in [0, 0.05) is 107 Å². The average Bonchev–Trinajstić information content (AvgIpc) is 1.55. The summed E-state index contributed by atoms with van der Waals surface area (Å²) in [6.45, 7) is 23.0. The van der Waals surface area contributed by atoms with E-state index in [1.165, 1.54) is 98.7 Å². The Morgan fingerprint density at radius 1 is 0.373 bits per heavy atom. The third-order valence-electron chi connectivity index (χ3n) is 28.2. The Bertz CT molecular complexity index is 8810. The third-order valence-corrected chi connectivity index (χ3v) is 30.5. The average molecular weight is 2170 g/mol. The molecule has 0 radical (unpaired) electrons. The van der Waals surface area contributed by atoms with E-state index in [4.69, 9.17) is 116 Å². The molecule has 0 bridgehead atoms. The van der Waals surface area contributed by atoms with Crippen LogP contribution >= 0.6 is 85.5 Å². The number of aliphatic hydroxyl groups is 1. The number of ether oxygens (including phenoxy) is 3. The molecule has 0 atom stereocenters. The summed E-state index contributed by atoms with van der Waals surface area (Å²) in [4.78, 5) is 23.3. The van der Waals surface area contributed by atoms with Crippen LogP contribution < -0.4 is 30.1 Å². The number of hydrogen-bond acceptors (Lipinski definition) is 14. The largest absolute Gasteiger partial charge is 1.00 e. The number of methoxy groups -OCH3 is 2. The first-order chi connectivity index (χ1) is 71.1. The maximum absolute atomic E-state index is 12.2. The number of esters is 2.